The molecule has 0 aromatic heterocycles. The van der Waals surface area contributed by atoms with Crippen LogP contribution >= 0.6 is 0 Å². The molecule has 0 amide bonds. The van der Waals surface area contributed by atoms with Crippen molar-refractivity contribution in [1.82, 2.24) is 0 Å². The van der Waals surface area contributed by atoms with Crippen LogP contribution in [0.5, 0.6) is 0 Å². The molecule has 3 heteroatoms. The Bertz CT molecular complexity index is 490. The molecule has 0 saturated carbocycles. The molecule has 0 aliphatic carbocycles. The van der Waals surface area contributed by atoms with Crippen molar-refractivity contribution in [1.29, 1.82) is 0 Å². The standard InChI is InChI=1S/C15H20O2Si/c1-5-15(2)13(14(16)17-15)11-18(3,4)12-9-7-6-8-10-12/h6-11H,5H2,1-4H3/b13-11+. The van der Waals surface area contributed by atoms with Gasteiger partial charge in [-0.05, 0) is 13.3 Å². The summed E-state index contributed by atoms with van der Waals surface area (Å²) in [6.07, 6.45) is 0.837. The first-order valence-corrected chi connectivity index (χ1v) is 9.49. The van der Waals surface area contributed by atoms with E-state index < -0.39 is 8.07 Å². The Morgan fingerprint density at radius 1 is 1.28 bits per heavy atom. The molecule has 2 nitrogen and oxygen atoms in total. The fraction of sp³-hybridized carbons (Fsp3) is 0.400. The van der Waals surface area contributed by atoms with Gasteiger partial charge in [-0.25, -0.2) is 4.79 Å². The molecule has 96 valence electrons. The van der Waals surface area contributed by atoms with Crippen LogP contribution in [0.3, 0.4) is 0 Å². The van der Waals surface area contributed by atoms with E-state index >= 15 is 0 Å². The van der Waals surface area contributed by atoms with Gasteiger partial charge in [0, 0.05) is 0 Å². The maximum absolute atomic E-state index is 11.6. The van der Waals surface area contributed by atoms with Crippen molar-refractivity contribution in [3.05, 3.63) is 41.6 Å². The van der Waals surface area contributed by atoms with Gasteiger partial charge < -0.3 is 4.74 Å². The molecular weight excluding hydrogens is 240 g/mol. The van der Waals surface area contributed by atoms with E-state index in [4.69, 9.17) is 4.74 Å². The van der Waals surface area contributed by atoms with E-state index in [1.54, 1.807) is 0 Å². The second-order valence-corrected chi connectivity index (χ2v) is 9.93. The zero-order chi connectivity index (χ0) is 13.4. The smallest absolute Gasteiger partial charge is 0.338 e. The molecule has 1 aromatic carbocycles. The van der Waals surface area contributed by atoms with Crippen LogP contribution in [0.15, 0.2) is 41.6 Å². The normalized spacial score (nSPS) is 25.8. The minimum absolute atomic E-state index is 0.143. The number of hydrogen-bond acceptors (Lipinski definition) is 2. The highest BCUT2D eigenvalue weighted by molar-refractivity contribution is 6.94. The van der Waals surface area contributed by atoms with Crippen molar-refractivity contribution in [3.8, 4) is 0 Å². The summed E-state index contributed by atoms with van der Waals surface area (Å²) in [5.74, 6) is -0.143. The van der Waals surface area contributed by atoms with E-state index in [0.717, 1.165) is 12.0 Å². The maximum atomic E-state index is 11.6. The molecular formula is C15H20O2Si. The van der Waals surface area contributed by atoms with Crippen molar-refractivity contribution in [2.75, 3.05) is 0 Å². The van der Waals surface area contributed by atoms with Crippen LogP contribution < -0.4 is 5.19 Å². The largest absolute Gasteiger partial charge is 0.451 e. The quantitative estimate of drug-likeness (QED) is 0.474. The van der Waals surface area contributed by atoms with E-state index in [9.17, 15) is 4.79 Å². The van der Waals surface area contributed by atoms with Gasteiger partial charge in [0.1, 0.15) is 13.7 Å². The molecule has 0 bridgehead atoms. The Balaban J connectivity index is 2.35. The van der Waals surface area contributed by atoms with Gasteiger partial charge in [0.05, 0.1) is 5.57 Å². The minimum atomic E-state index is -1.72. The highest BCUT2D eigenvalue weighted by Crippen LogP contribution is 2.37. The number of esters is 1. The van der Waals surface area contributed by atoms with Gasteiger partial charge in [-0.3, -0.25) is 0 Å². The van der Waals surface area contributed by atoms with Gasteiger partial charge in [-0.2, -0.15) is 0 Å². The third-order valence-electron chi connectivity index (χ3n) is 3.81. The molecule has 1 aliphatic heterocycles. The zero-order valence-corrected chi connectivity index (χ0v) is 12.5. The lowest BCUT2D eigenvalue weighted by Gasteiger charge is -2.40. The first-order valence-electron chi connectivity index (χ1n) is 6.41. The van der Waals surface area contributed by atoms with Crippen molar-refractivity contribution >= 4 is 19.2 Å². The molecule has 1 saturated heterocycles. The highest BCUT2D eigenvalue weighted by Gasteiger charge is 2.47. The second-order valence-electron chi connectivity index (χ2n) is 5.62. The Hall–Kier alpha value is -1.35. The van der Waals surface area contributed by atoms with Crippen LogP contribution in [0.2, 0.25) is 13.1 Å². The Labute approximate surface area is 110 Å². The van der Waals surface area contributed by atoms with E-state index in [1.807, 2.05) is 13.0 Å². The van der Waals surface area contributed by atoms with Crippen LogP contribution in [0.25, 0.3) is 0 Å². The molecule has 1 atom stereocenters. The summed E-state index contributed by atoms with van der Waals surface area (Å²) in [7, 11) is -1.72. The van der Waals surface area contributed by atoms with Crippen LogP contribution in [0, 0.1) is 0 Å². The van der Waals surface area contributed by atoms with Gasteiger partial charge in [0.15, 0.2) is 0 Å². The number of rotatable bonds is 3. The molecule has 1 aromatic rings. The molecule has 18 heavy (non-hydrogen) atoms. The topological polar surface area (TPSA) is 26.3 Å². The van der Waals surface area contributed by atoms with Crippen molar-refractivity contribution in [3.63, 3.8) is 0 Å². The third kappa shape index (κ3) is 2.15. The summed E-state index contributed by atoms with van der Waals surface area (Å²) in [6, 6.07) is 10.4. The average Bonchev–Trinajstić information content (AvgIpc) is 2.37. The summed E-state index contributed by atoms with van der Waals surface area (Å²) in [6.45, 7) is 8.57. The first-order chi connectivity index (χ1) is 8.39. The number of carbonyl (C=O) groups excluding carboxylic acids is 1. The summed E-state index contributed by atoms with van der Waals surface area (Å²) in [4.78, 5) is 11.6. The first kappa shape index (κ1) is 13.1. The van der Waals surface area contributed by atoms with Crippen LogP contribution in [-0.2, 0) is 9.53 Å². The summed E-state index contributed by atoms with van der Waals surface area (Å²) >= 11 is 0. The van der Waals surface area contributed by atoms with E-state index in [1.165, 1.54) is 5.19 Å². The second kappa shape index (κ2) is 4.39. The predicted molar refractivity (Wildman–Crippen MR) is 76.4 cm³/mol. The van der Waals surface area contributed by atoms with Gasteiger partial charge in [-0.15, -0.1) is 0 Å². The molecule has 1 aliphatic rings. The molecule has 1 unspecified atom stereocenters. The number of ether oxygens (including phenoxy) is 1. The fourth-order valence-corrected chi connectivity index (χ4v) is 4.63. The SMILES string of the molecule is CCC1(C)OC(=O)/C1=C\[Si](C)(C)c1ccccc1. The van der Waals surface area contributed by atoms with Gasteiger partial charge >= 0.3 is 5.97 Å². The lowest BCUT2D eigenvalue weighted by molar-refractivity contribution is -0.169. The fourth-order valence-electron chi connectivity index (χ4n) is 2.27. The lowest BCUT2D eigenvalue weighted by atomic mass is 9.89. The lowest BCUT2D eigenvalue weighted by Crippen LogP contribution is -2.51. The molecule has 2 rings (SSSR count). The molecule has 0 N–H and O–H groups in total. The van der Waals surface area contributed by atoms with Crippen molar-refractivity contribution < 1.29 is 9.53 Å². The van der Waals surface area contributed by atoms with Crippen LogP contribution in [0.1, 0.15) is 20.3 Å². The number of hydrogen-bond donors (Lipinski definition) is 0. The van der Waals surface area contributed by atoms with Crippen LogP contribution in [-0.4, -0.2) is 19.6 Å². The van der Waals surface area contributed by atoms with Crippen molar-refractivity contribution in [2.24, 2.45) is 0 Å². The number of benzene rings is 1. The molecule has 0 radical (unpaired) electrons. The number of carbonyl (C=O) groups is 1. The van der Waals surface area contributed by atoms with Gasteiger partial charge in [0.25, 0.3) is 0 Å². The van der Waals surface area contributed by atoms with Crippen LogP contribution in [0.4, 0.5) is 0 Å². The Kier molecular flexibility index (Phi) is 3.19. The highest BCUT2D eigenvalue weighted by atomic mass is 28.3. The average molecular weight is 260 g/mol. The zero-order valence-electron chi connectivity index (χ0n) is 11.5. The Morgan fingerprint density at radius 2 is 1.89 bits per heavy atom. The number of cyclic esters (lactones) is 1. The summed E-state index contributed by atoms with van der Waals surface area (Å²) < 4.78 is 5.29. The molecule has 1 heterocycles. The predicted octanol–water partition coefficient (Wildman–Crippen LogP) is 2.79. The molecule has 0 spiro atoms. The summed E-state index contributed by atoms with van der Waals surface area (Å²) in [5.41, 5.74) is 2.69. The Morgan fingerprint density at radius 3 is 2.39 bits per heavy atom. The van der Waals surface area contributed by atoms with Gasteiger partial charge in [-0.1, -0.05) is 61.2 Å². The van der Waals surface area contributed by atoms with Gasteiger partial charge in [0.2, 0.25) is 0 Å². The monoisotopic (exact) mass is 260 g/mol. The third-order valence-corrected chi connectivity index (χ3v) is 6.64. The van der Waals surface area contributed by atoms with E-state index in [-0.39, 0.29) is 11.6 Å². The maximum Gasteiger partial charge on any atom is 0.338 e. The van der Waals surface area contributed by atoms with E-state index in [0.29, 0.717) is 0 Å². The molecule has 1 fully saturated rings. The van der Waals surface area contributed by atoms with E-state index in [2.05, 4.69) is 50.0 Å². The summed E-state index contributed by atoms with van der Waals surface area (Å²) in [5, 5.41) is 1.34. The minimum Gasteiger partial charge on any atom is -0.451 e. The van der Waals surface area contributed by atoms with Crippen molar-refractivity contribution in [2.45, 2.75) is 39.0 Å².